The van der Waals surface area contributed by atoms with Crippen molar-refractivity contribution in [1.82, 2.24) is 4.90 Å². The number of benzene rings is 1. The number of ketones is 1. The van der Waals surface area contributed by atoms with E-state index >= 15 is 0 Å². The van der Waals surface area contributed by atoms with Crippen LogP contribution >= 0.6 is 0 Å². The van der Waals surface area contributed by atoms with Gasteiger partial charge in [-0.25, -0.2) is 0 Å². The molecule has 1 aliphatic heterocycles. The Labute approximate surface area is 144 Å². The van der Waals surface area contributed by atoms with Crippen LogP contribution in [0.25, 0.3) is 0 Å². The highest BCUT2D eigenvalue weighted by molar-refractivity contribution is 6.12. The fourth-order valence-electron chi connectivity index (χ4n) is 3.30. The van der Waals surface area contributed by atoms with Gasteiger partial charge in [-0.2, -0.15) is 0 Å². The molecule has 1 aromatic carbocycles. The molecule has 1 heterocycles. The first kappa shape index (κ1) is 15.1. The van der Waals surface area contributed by atoms with Gasteiger partial charge < -0.3 is 5.73 Å². The number of nitrogens with two attached hydrogens (primary N) is 1. The highest BCUT2D eigenvalue weighted by Gasteiger charge is 2.41. The Hall–Kier alpha value is -3.47. The van der Waals surface area contributed by atoms with E-state index in [0.29, 0.717) is 22.4 Å². The molecule has 2 aliphatic carbocycles. The summed E-state index contributed by atoms with van der Waals surface area (Å²) in [5.74, 6) is -0.878. The molecule has 0 saturated carbocycles. The molecule has 0 radical (unpaired) electrons. The standard InChI is InChI=1S/C20H14N2O3/c21-19(24)12-8-10-13(11-9-12)20(25)22-15-5-2-1-4-14(15)18-16(22)6-3-7-17(18)23/h1-11,15H,(H2,21,24). The summed E-state index contributed by atoms with van der Waals surface area (Å²) < 4.78 is 0. The fraction of sp³-hybridized carbons (Fsp3) is 0.0500. The molecule has 5 heteroatoms. The van der Waals surface area contributed by atoms with Gasteiger partial charge in [0.15, 0.2) is 5.78 Å². The van der Waals surface area contributed by atoms with Crippen molar-refractivity contribution in [1.29, 1.82) is 0 Å². The van der Waals surface area contributed by atoms with Gasteiger partial charge in [0.25, 0.3) is 5.91 Å². The maximum absolute atomic E-state index is 13.1. The molecule has 2 N–H and O–H groups in total. The average Bonchev–Trinajstić information content (AvgIpc) is 2.97. The largest absolute Gasteiger partial charge is 0.366 e. The lowest BCUT2D eigenvalue weighted by Gasteiger charge is -2.26. The zero-order valence-corrected chi connectivity index (χ0v) is 13.2. The first-order valence-corrected chi connectivity index (χ1v) is 7.83. The fourth-order valence-corrected chi connectivity index (χ4v) is 3.30. The lowest BCUT2D eigenvalue weighted by molar-refractivity contribution is -0.111. The summed E-state index contributed by atoms with van der Waals surface area (Å²) in [5.41, 5.74) is 8.00. The van der Waals surface area contributed by atoms with Crippen LogP contribution in [-0.2, 0) is 4.79 Å². The van der Waals surface area contributed by atoms with Crippen molar-refractivity contribution in [2.45, 2.75) is 6.04 Å². The van der Waals surface area contributed by atoms with Gasteiger partial charge in [-0.3, -0.25) is 19.3 Å². The number of hydrogen-bond acceptors (Lipinski definition) is 3. The molecule has 5 nitrogen and oxygen atoms in total. The Balaban J connectivity index is 1.76. The third-order valence-electron chi connectivity index (χ3n) is 4.46. The topological polar surface area (TPSA) is 80.5 Å². The van der Waals surface area contributed by atoms with E-state index in [1.54, 1.807) is 29.2 Å². The Morgan fingerprint density at radius 2 is 1.68 bits per heavy atom. The number of primary amides is 1. The van der Waals surface area contributed by atoms with Crippen molar-refractivity contribution in [3.8, 4) is 0 Å². The summed E-state index contributed by atoms with van der Waals surface area (Å²) in [6.45, 7) is 0. The molecule has 25 heavy (non-hydrogen) atoms. The summed E-state index contributed by atoms with van der Waals surface area (Å²) in [4.78, 5) is 38.2. The molecule has 0 fully saturated rings. The van der Waals surface area contributed by atoms with E-state index in [4.69, 9.17) is 5.73 Å². The third kappa shape index (κ3) is 2.29. The number of hydrogen-bond donors (Lipinski definition) is 1. The van der Waals surface area contributed by atoms with E-state index in [-0.39, 0.29) is 17.7 Å². The second kappa shape index (κ2) is 5.56. The first-order valence-electron chi connectivity index (χ1n) is 7.83. The maximum atomic E-state index is 13.1. The zero-order valence-electron chi connectivity index (χ0n) is 13.2. The number of fused-ring (bicyclic) bond motifs is 2. The Bertz CT molecular complexity index is 959. The molecule has 1 atom stereocenters. The maximum Gasteiger partial charge on any atom is 0.259 e. The smallest absolute Gasteiger partial charge is 0.259 e. The molecule has 0 aromatic heterocycles. The van der Waals surface area contributed by atoms with Crippen molar-refractivity contribution in [2.75, 3.05) is 0 Å². The number of carbonyl (C=O) groups is 3. The van der Waals surface area contributed by atoms with Crippen molar-refractivity contribution < 1.29 is 14.4 Å². The Morgan fingerprint density at radius 1 is 0.960 bits per heavy atom. The predicted octanol–water partition coefficient (Wildman–Crippen LogP) is 2.06. The van der Waals surface area contributed by atoms with Crippen molar-refractivity contribution in [3.05, 3.63) is 94.8 Å². The number of allylic oxidation sites excluding steroid dienone is 6. The van der Waals surface area contributed by atoms with Crippen LogP contribution in [0.4, 0.5) is 0 Å². The molecule has 122 valence electrons. The van der Waals surface area contributed by atoms with Crippen molar-refractivity contribution in [3.63, 3.8) is 0 Å². The van der Waals surface area contributed by atoms with E-state index in [1.165, 1.54) is 18.2 Å². The van der Waals surface area contributed by atoms with Crippen LogP contribution < -0.4 is 5.73 Å². The van der Waals surface area contributed by atoms with Crippen LogP contribution in [0.3, 0.4) is 0 Å². The molecule has 2 amide bonds. The van der Waals surface area contributed by atoms with Gasteiger partial charge in [0.2, 0.25) is 5.91 Å². The number of rotatable bonds is 2. The minimum Gasteiger partial charge on any atom is -0.366 e. The monoisotopic (exact) mass is 330 g/mol. The van der Waals surface area contributed by atoms with E-state index in [0.717, 1.165) is 5.57 Å². The lowest BCUT2D eigenvalue weighted by Crippen LogP contribution is -2.36. The van der Waals surface area contributed by atoms with Gasteiger partial charge in [-0.15, -0.1) is 0 Å². The van der Waals surface area contributed by atoms with Crippen LogP contribution in [0.2, 0.25) is 0 Å². The van der Waals surface area contributed by atoms with E-state index < -0.39 is 5.91 Å². The summed E-state index contributed by atoms with van der Waals surface area (Å²) in [6.07, 6.45) is 12.4. The zero-order chi connectivity index (χ0) is 17.6. The molecule has 0 bridgehead atoms. The summed E-state index contributed by atoms with van der Waals surface area (Å²) in [5, 5.41) is 0. The molecule has 4 rings (SSSR count). The predicted molar refractivity (Wildman–Crippen MR) is 92.5 cm³/mol. The number of carbonyl (C=O) groups excluding carboxylic acids is 3. The molecule has 1 aromatic rings. The second-order valence-electron chi connectivity index (χ2n) is 5.91. The average molecular weight is 330 g/mol. The normalized spacial score (nSPS) is 20.5. The first-order chi connectivity index (χ1) is 12.1. The minimum atomic E-state index is -0.544. The molecule has 3 aliphatic rings. The van der Waals surface area contributed by atoms with E-state index in [1.807, 2.05) is 24.3 Å². The van der Waals surface area contributed by atoms with E-state index in [2.05, 4.69) is 0 Å². The number of amides is 2. The number of nitrogens with zero attached hydrogens (tertiary/aromatic N) is 1. The molecular weight excluding hydrogens is 316 g/mol. The molecular formula is C20H14N2O3. The van der Waals surface area contributed by atoms with Crippen LogP contribution in [-0.4, -0.2) is 28.5 Å². The van der Waals surface area contributed by atoms with Gasteiger partial charge in [-0.1, -0.05) is 30.4 Å². The van der Waals surface area contributed by atoms with Gasteiger partial charge in [0, 0.05) is 11.1 Å². The van der Waals surface area contributed by atoms with E-state index in [9.17, 15) is 14.4 Å². The molecule has 0 saturated heterocycles. The summed E-state index contributed by atoms with van der Waals surface area (Å²) in [6, 6.07) is 5.89. The molecule has 0 spiro atoms. The highest BCUT2D eigenvalue weighted by Crippen LogP contribution is 2.39. The van der Waals surface area contributed by atoms with Gasteiger partial charge in [0.1, 0.15) is 0 Å². The van der Waals surface area contributed by atoms with Crippen LogP contribution in [0.5, 0.6) is 0 Å². The van der Waals surface area contributed by atoms with Crippen molar-refractivity contribution >= 4 is 17.6 Å². The Morgan fingerprint density at radius 3 is 2.40 bits per heavy atom. The van der Waals surface area contributed by atoms with Crippen LogP contribution in [0, 0.1) is 0 Å². The van der Waals surface area contributed by atoms with Gasteiger partial charge in [0.05, 0.1) is 17.3 Å². The Kier molecular flexibility index (Phi) is 3.35. The third-order valence-corrected chi connectivity index (χ3v) is 4.46. The highest BCUT2D eigenvalue weighted by atomic mass is 16.2. The minimum absolute atomic E-state index is 0.100. The quantitative estimate of drug-likeness (QED) is 0.901. The lowest BCUT2D eigenvalue weighted by atomic mass is 9.95. The van der Waals surface area contributed by atoms with Crippen molar-refractivity contribution in [2.24, 2.45) is 5.73 Å². The summed E-state index contributed by atoms with van der Waals surface area (Å²) in [7, 11) is 0. The summed E-state index contributed by atoms with van der Waals surface area (Å²) >= 11 is 0. The molecule has 1 unspecified atom stereocenters. The van der Waals surface area contributed by atoms with Crippen LogP contribution in [0.15, 0.2) is 83.6 Å². The van der Waals surface area contributed by atoms with Gasteiger partial charge in [-0.05, 0) is 42.0 Å². The SMILES string of the molecule is NC(=O)c1ccc(C(=O)N2C3=CC=CC(=O)C3=C3C=CC=CC32)cc1. The second-order valence-corrected chi connectivity index (χ2v) is 5.91. The van der Waals surface area contributed by atoms with Gasteiger partial charge >= 0.3 is 0 Å². The van der Waals surface area contributed by atoms with Crippen LogP contribution in [0.1, 0.15) is 20.7 Å².